The van der Waals surface area contributed by atoms with Gasteiger partial charge in [-0.15, -0.1) is 0 Å². The van der Waals surface area contributed by atoms with Crippen molar-refractivity contribution in [3.63, 3.8) is 0 Å². The smallest absolute Gasteiger partial charge is 0.208 e. The standard InChI is InChI=1S/C16H23ClN2O3S/c1-23(20,21)18-8-13-6-7-16(22-10-13)11-19(12-16)9-14-4-2-3-5-15(14)17/h2-5,13,18H,6-12H2,1H3. The second kappa shape index (κ2) is 6.69. The molecule has 1 atom stereocenters. The van der Waals surface area contributed by atoms with E-state index >= 15 is 0 Å². The number of likely N-dealkylation sites (tertiary alicyclic amines) is 1. The molecule has 2 heterocycles. The lowest BCUT2D eigenvalue weighted by atomic mass is 9.83. The monoisotopic (exact) mass is 358 g/mol. The first-order valence-corrected chi connectivity index (χ1v) is 10.2. The number of nitrogens with one attached hydrogen (secondary N) is 1. The molecule has 1 aromatic rings. The number of ether oxygens (including phenoxy) is 1. The van der Waals surface area contributed by atoms with Gasteiger partial charge in [-0.2, -0.15) is 0 Å². The Morgan fingerprint density at radius 1 is 1.39 bits per heavy atom. The zero-order valence-electron chi connectivity index (χ0n) is 13.3. The molecule has 2 saturated heterocycles. The highest BCUT2D eigenvalue weighted by Gasteiger charge is 2.46. The van der Waals surface area contributed by atoms with Crippen molar-refractivity contribution in [2.24, 2.45) is 5.92 Å². The van der Waals surface area contributed by atoms with E-state index in [2.05, 4.69) is 15.7 Å². The number of nitrogens with zero attached hydrogens (tertiary/aromatic N) is 1. The van der Waals surface area contributed by atoms with Gasteiger partial charge < -0.3 is 4.74 Å². The topological polar surface area (TPSA) is 58.6 Å². The zero-order valence-corrected chi connectivity index (χ0v) is 14.9. The Morgan fingerprint density at radius 2 is 2.13 bits per heavy atom. The second-order valence-electron chi connectivity index (χ2n) is 6.76. The van der Waals surface area contributed by atoms with Crippen LogP contribution in [0, 0.1) is 5.92 Å². The lowest BCUT2D eigenvalue weighted by Gasteiger charge is -2.53. The predicted molar refractivity (Wildman–Crippen MR) is 91.0 cm³/mol. The maximum Gasteiger partial charge on any atom is 0.208 e. The summed E-state index contributed by atoms with van der Waals surface area (Å²) in [6.45, 7) is 3.79. The van der Waals surface area contributed by atoms with Crippen LogP contribution in [0.1, 0.15) is 18.4 Å². The molecule has 0 aliphatic carbocycles. The minimum atomic E-state index is -3.12. The molecule has 2 fully saturated rings. The molecule has 7 heteroatoms. The van der Waals surface area contributed by atoms with Crippen LogP contribution in [0.4, 0.5) is 0 Å². The van der Waals surface area contributed by atoms with Gasteiger partial charge in [0.05, 0.1) is 18.5 Å². The van der Waals surface area contributed by atoms with E-state index in [1.165, 1.54) is 6.26 Å². The summed E-state index contributed by atoms with van der Waals surface area (Å²) in [5.74, 6) is 0.271. The lowest BCUT2D eigenvalue weighted by molar-refractivity contribution is -0.181. The van der Waals surface area contributed by atoms with Crippen LogP contribution < -0.4 is 4.72 Å². The van der Waals surface area contributed by atoms with Crippen molar-refractivity contribution in [1.82, 2.24) is 9.62 Å². The summed E-state index contributed by atoms with van der Waals surface area (Å²) < 4.78 is 30.9. The van der Waals surface area contributed by atoms with Gasteiger partial charge in [-0.25, -0.2) is 13.1 Å². The molecule has 1 spiro atoms. The summed E-state index contributed by atoms with van der Waals surface area (Å²) in [5, 5.41) is 0.810. The fraction of sp³-hybridized carbons (Fsp3) is 0.625. The van der Waals surface area contributed by atoms with E-state index in [0.717, 1.165) is 43.1 Å². The SMILES string of the molecule is CS(=O)(=O)NCC1CCC2(CN(Cc3ccccc3Cl)C2)OC1. The molecule has 0 saturated carbocycles. The predicted octanol–water partition coefficient (Wildman–Crippen LogP) is 1.87. The third kappa shape index (κ3) is 4.45. The Hall–Kier alpha value is -0.660. The van der Waals surface area contributed by atoms with Gasteiger partial charge in [-0.3, -0.25) is 4.90 Å². The highest BCUT2D eigenvalue weighted by molar-refractivity contribution is 7.88. The summed E-state index contributed by atoms with van der Waals surface area (Å²) in [7, 11) is -3.12. The van der Waals surface area contributed by atoms with Gasteiger partial charge in [0.15, 0.2) is 0 Å². The molecule has 1 aromatic carbocycles. The summed E-state index contributed by atoms with van der Waals surface area (Å²) >= 11 is 6.20. The van der Waals surface area contributed by atoms with Gasteiger partial charge in [0.25, 0.3) is 0 Å². The molecule has 0 amide bonds. The summed E-state index contributed by atoms with van der Waals surface area (Å²) in [4.78, 5) is 2.34. The first-order chi connectivity index (χ1) is 10.9. The summed E-state index contributed by atoms with van der Waals surface area (Å²) in [6.07, 6.45) is 3.18. The van der Waals surface area contributed by atoms with Gasteiger partial charge in [0, 0.05) is 31.2 Å². The minimum Gasteiger partial charge on any atom is -0.372 e. The highest BCUT2D eigenvalue weighted by atomic mass is 35.5. The van der Waals surface area contributed by atoms with Crippen molar-refractivity contribution in [1.29, 1.82) is 0 Å². The molecule has 0 radical (unpaired) electrons. The average molecular weight is 359 g/mol. The molecule has 0 bridgehead atoms. The number of hydrogen-bond donors (Lipinski definition) is 1. The third-order valence-corrected chi connectivity index (χ3v) is 5.70. The van der Waals surface area contributed by atoms with Gasteiger partial charge >= 0.3 is 0 Å². The largest absolute Gasteiger partial charge is 0.372 e. The molecule has 3 rings (SSSR count). The van der Waals surface area contributed by atoms with Crippen LogP contribution >= 0.6 is 11.6 Å². The minimum absolute atomic E-state index is 0.0388. The van der Waals surface area contributed by atoms with E-state index < -0.39 is 10.0 Å². The molecule has 128 valence electrons. The van der Waals surface area contributed by atoms with Crippen LogP contribution in [0.3, 0.4) is 0 Å². The van der Waals surface area contributed by atoms with Crippen LogP contribution in [0.15, 0.2) is 24.3 Å². The third-order valence-electron chi connectivity index (χ3n) is 4.64. The van der Waals surface area contributed by atoms with E-state index in [1.54, 1.807) is 0 Å². The maximum atomic E-state index is 11.1. The number of rotatable bonds is 5. The second-order valence-corrected chi connectivity index (χ2v) is 9.00. The Labute approximate surface area is 143 Å². The number of hydrogen-bond acceptors (Lipinski definition) is 4. The van der Waals surface area contributed by atoms with Gasteiger partial charge in [0.2, 0.25) is 10.0 Å². The zero-order chi connectivity index (χ0) is 16.5. The van der Waals surface area contributed by atoms with E-state index in [0.29, 0.717) is 13.2 Å². The van der Waals surface area contributed by atoms with Crippen molar-refractivity contribution >= 4 is 21.6 Å². The van der Waals surface area contributed by atoms with Crippen LogP contribution in [-0.4, -0.2) is 51.4 Å². The Kier molecular flexibility index (Phi) is 4.99. The van der Waals surface area contributed by atoms with Crippen molar-refractivity contribution < 1.29 is 13.2 Å². The molecule has 0 aromatic heterocycles. The fourth-order valence-electron chi connectivity index (χ4n) is 3.34. The normalized spacial score (nSPS) is 24.5. The number of halogens is 1. The quantitative estimate of drug-likeness (QED) is 0.873. The Balaban J connectivity index is 1.44. The van der Waals surface area contributed by atoms with Crippen LogP contribution in [0.25, 0.3) is 0 Å². The van der Waals surface area contributed by atoms with Crippen LogP contribution in [0.2, 0.25) is 5.02 Å². The van der Waals surface area contributed by atoms with Crippen LogP contribution in [0.5, 0.6) is 0 Å². The number of benzene rings is 1. The molecule has 1 N–H and O–H groups in total. The van der Waals surface area contributed by atoms with Gasteiger partial charge in [-0.05, 0) is 30.4 Å². The van der Waals surface area contributed by atoms with E-state index in [1.807, 2.05) is 18.2 Å². The van der Waals surface area contributed by atoms with E-state index in [4.69, 9.17) is 16.3 Å². The van der Waals surface area contributed by atoms with E-state index in [9.17, 15) is 8.42 Å². The summed E-state index contributed by atoms with van der Waals surface area (Å²) in [6, 6.07) is 7.93. The molecule has 23 heavy (non-hydrogen) atoms. The fourth-order valence-corrected chi connectivity index (χ4v) is 4.08. The molecular weight excluding hydrogens is 336 g/mol. The van der Waals surface area contributed by atoms with Crippen molar-refractivity contribution in [2.45, 2.75) is 25.0 Å². The number of sulfonamides is 1. The van der Waals surface area contributed by atoms with Crippen molar-refractivity contribution in [2.75, 3.05) is 32.5 Å². The molecule has 5 nitrogen and oxygen atoms in total. The van der Waals surface area contributed by atoms with Crippen LogP contribution in [-0.2, 0) is 21.3 Å². The molecule has 2 aliphatic rings. The Bertz CT molecular complexity index is 649. The van der Waals surface area contributed by atoms with Gasteiger partial charge in [0.1, 0.15) is 0 Å². The van der Waals surface area contributed by atoms with Gasteiger partial charge in [-0.1, -0.05) is 29.8 Å². The van der Waals surface area contributed by atoms with E-state index in [-0.39, 0.29) is 11.5 Å². The van der Waals surface area contributed by atoms with Crippen molar-refractivity contribution in [3.8, 4) is 0 Å². The summed E-state index contributed by atoms with van der Waals surface area (Å²) in [5.41, 5.74) is 1.11. The first-order valence-electron chi connectivity index (χ1n) is 7.90. The molecule has 2 aliphatic heterocycles. The molecular formula is C16H23ClN2O3S. The van der Waals surface area contributed by atoms with Crippen molar-refractivity contribution in [3.05, 3.63) is 34.9 Å². The maximum absolute atomic E-state index is 11.1. The molecule has 1 unspecified atom stereocenters. The Morgan fingerprint density at radius 3 is 2.74 bits per heavy atom. The first kappa shape index (κ1) is 17.2. The lowest BCUT2D eigenvalue weighted by Crippen LogP contribution is -2.64. The highest BCUT2D eigenvalue weighted by Crippen LogP contribution is 2.37. The average Bonchev–Trinajstić information content (AvgIpc) is 2.46.